The van der Waals surface area contributed by atoms with E-state index in [1.54, 1.807) is 42.5 Å². The molecule has 0 bridgehead atoms. The van der Waals surface area contributed by atoms with E-state index in [9.17, 15) is 13.0 Å². The summed E-state index contributed by atoms with van der Waals surface area (Å²) in [5.41, 5.74) is 1.91. The van der Waals surface area contributed by atoms with Gasteiger partial charge in [0.25, 0.3) is 0 Å². The van der Waals surface area contributed by atoms with Crippen LogP contribution in [0.2, 0.25) is 0 Å². The Labute approximate surface area is 164 Å². The number of rotatable bonds is 6. The lowest BCUT2D eigenvalue weighted by Gasteiger charge is -2.05. The standard InChI is InChI=1S/C14H14OS.C7H8O3S/c15-13-6-8-14(9-7-13)16-11-10-12-4-2-1-3-5-12;8-11(9,10)6-7-4-2-1-3-5-7/h1-9,15H,10-11H2;1-5H,6H2,(H,8,9,10). The first-order valence-electron chi connectivity index (χ1n) is 8.40. The van der Waals surface area contributed by atoms with Gasteiger partial charge < -0.3 is 9.66 Å². The van der Waals surface area contributed by atoms with Crippen LogP contribution in [0.15, 0.2) is 89.8 Å². The Hall–Kier alpha value is -2.28. The highest BCUT2D eigenvalue weighted by molar-refractivity contribution is 7.84. The molecule has 0 amide bonds. The average molecular weight is 403 g/mol. The average Bonchev–Trinajstić information content (AvgIpc) is 2.64. The molecule has 3 aromatic rings. The van der Waals surface area contributed by atoms with Crippen LogP contribution in [-0.4, -0.2) is 23.8 Å². The third-order valence-electron chi connectivity index (χ3n) is 3.57. The fourth-order valence-electron chi connectivity index (χ4n) is 2.30. The number of hydrogen-bond acceptors (Lipinski definition) is 4. The molecule has 0 unspecified atom stereocenters. The van der Waals surface area contributed by atoms with Crippen molar-refractivity contribution in [2.75, 3.05) is 5.75 Å². The lowest BCUT2D eigenvalue weighted by atomic mass is 10.2. The van der Waals surface area contributed by atoms with Gasteiger partial charge in [-0.1, -0.05) is 60.7 Å². The third kappa shape index (κ3) is 9.28. The molecular formula is C21H22O4S2. The van der Waals surface area contributed by atoms with Gasteiger partial charge in [0.15, 0.2) is 4.90 Å². The highest BCUT2D eigenvalue weighted by Crippen LogP contribution is 2.12. The normalized spacial score (nSPS) is 10.7. The van der Waals surface area contributed by atoms with Gasteiger partial charge in [-0.3, -0.25) is 0 Å². The number of benzene rings is 3. The second-order valence-corrected chi connectivity index (χ2v) is 8.51. The van der Waals surface area contributed by atoms with E-state index in [2.05, 4.69) is 24.3 Å². The van der Waals surface area contributed by atoms with Crippen LogP contribution >= 0.6 is 0 Å². The Balaban J connectivity index is 0.000000208. The summed E-state index contributed by atoms with van der Waals surface area (Å²) in [7, 11) is -4.13. The summed E-state index contributed by atoms with van der Waals surface area (Å²) in [6.07, 6.45) is 1.10. The van der Waals surface area contributed by atoms with E-state index in [0.29, 0.717) is 11.3 Å². The Morgan fingerprint density at radius 2 is 1.30 bits per heavy atom. The number of phenols is 1. The molecule has 0 aliphatic rings. The summed E-state index contributed by atoms with van der Waals surface area (Å²) in [5.74, 6) is 1.03. The summed E-state index contributed by atoms with van der Waals surface area (Å²) in [6, 6.07) is 26.3. The van der Waals surface area contributed by atoms with Gasteiger partial charge >= 0.3 is 0 Å². The van der Waals surface area contributed by atoms with Crippen LogP contribution in [0, 0.1) is 0 Å². The van der Waals surface area contributed by atoms with Crippen LogP contribution in [0.4, 0.5) is 0 Å². The Bertz CT molecular complexity index is 894. The molecule has 0 aliphatic heterocycles. The molecule has 142 valence electrons. The van der Waals surface area contributed by atoms with Crippen molar-refractivity contribution in [3.63, 3.8) is 0 Å². The highest BCUT2D eigenvalue weighted by atomic mass is 32.2. The highest BCUT2D eigenvalue weighted by Gasteiger charge is 2.03. The zero-order valence-corrected chi connectivity index (χ0v) is 16.4. The Morgan fingerprint density at radius 1 is 0.778 bits per heavy atom. The van der Waals surface area contributed by atoms with Crippen molar-refractivity contribution in [3.05, 3.63) is 96.1 Å². The van der Waals surface area contributed by atoms with E-state index in [0.717, 1.165) is 12.2 Å². The number of phenolic OH excluding ortho intramolecular Hbond substituents is 1. The fourth-order valence-corrected chi connectivity index (χ4v) is 3.88. The van der Waals surface area contributed by atoms with E-state index in [1.807, 2.05) is 18.2 Å². The van der Waals surface area contributed by atoms with E-state index in [1.165, 1.54) is 22.2 Å². The second-order valence-electron chi connectivity index (χ2n) is 5.82. The van der Waals surface area contributed by atoms with E-state index in [4.69, 9.17) is 5.11 Å². The van der Waals surface area contributed by atoms with Crippen molar-refractivity contribution >= 4 is 21.9 Å². The van der Waals surface area contributed by atoms with Crippen LogP contribution in [0.3, 0.4) is 0 Å². The number of aryl methyl sites for hydroxylation is 1. The van der Waals surface area contributed by atoms with Crippen molar-refractivity contribution in [3.8, 4) is 5.75 Å². The third-order valence-corrected chi connectivity index (χ3v) is 5.37. The molecule has 4 nitrogen and oxygen atoms in total. The summed E-state index contributed by atoms with van der Waals surface area (Å²) in [5, 5.41) is 9.16. The lowest BCUT2D eigenvalue weighted by Crippen LogP contribution is -2.01. The minimum absolute atomic E-state index is 0.335. The Kier molecular flexibility index (Phi) is 8.39. The van der Waals surface area contributed by atoms with Gasteiger partial charge in [-0.15, -0.1) is 0 Å². The van der Waals surface area contributed by atoms with Crippen molar-refractivity contribution in [1.82, 2.24) is 0 Å². The first kappa shape index (κ1) is 21.0. The molecule has 0 saturated heterocycles. The lowest BCUT2D eigenvalue weighted by molar-refractivity contribution is 0.462. The number of hydrogen-bond donors (Lipinski definition) is 1. The summed E-state index contributed by atoms with van der Waals surface area (Å²) in [4.78, 5) is 1.26. The predicted molar refractivity (Wildman–Crippen MR) is 110 cm³/mol. The zero-order valence-electron chi connectivity index (χ0n) is 14.7. The van der Waals surface area contributed by atoms with Crippen molar-refractivity contribution in [1.29, 1.82) is 0 Å². The first-order chi connectivity index (χ1) is 12.9. The van der Waals surface area contributed by atoms with Gasteiger partial charge in [0.2, 0.25) is 0 Å². The monoisotopic (exact) mass is 402 g/mol. The molecule has 0 saturated carbocycles. The van der Waals surface area contributed by atoms with Crippen LogP contribution in [-0.2, 0) is 34.1 Å². The maximum atomic E-state index is 10.2. The van der Waals surface area contributed by atoms with Gasteiger partial charge in [-0.25, -0.2) is 8.42 Å². The van der Waals surface area contributed by atoms with Crippen molar-refractivity contribution < 1.29 is 18.1 Å². The second kappa shape index (κ2) is 10.8. The SMILES string of the molecule is O=S(=O)([O-])Cc1ccccc1.Oc1ccc([SH+]CCc2ccccc2)cc1. The predicted octanol–water partition coefficient (Wildman–Crippen LogP) is 3.54. The quantitative estimate of drug-likeness (QED) is 0.389. The molecule has 0 heterocycles. The van der Waals surface area contributed by atoms with E-state index in [-0.39, 0.29) is 0 Å². The largest absolute Gasteiger partial charge is 0.748 e. The van der Waals surface area contributed by atoms with Gasteiger partial charge in [-0.05, 0) is 35.4 Å². The zero-order chi connectivity index (χ0) is 19.5. The molecule has 6 heteroatoms. The maximum absolute atomic E-state index is 10.2. The van der Waals surface area contributed by atoms with Gasteiger partial charge in [0.05, 0.1) is 15.9 Å². The van der Waals surface area contributed by atoms with Crippen LogP contribution < -0.4 is 0 Å². The minimum atomic E-state index is -4.13. The molecule has 3 rings (SSSR count). The molecule has 0 fully saturated rings. The minimum Gasteiger partial charge on any atom is -0.748 e. The maximum Gasteiger partial charge on any atom is 0.152 e. The molecule has 0 aliphatic carbocycles. The van der Waals surface area contributed by atoms with E-state index < -0.39 is 15.9 Å². The smallest absolute Gasteiger partial charge is 0.152 e. The molecule has 0 aromatic heterocycles. The van der Waals surface area contributed by atoms with Gasteiger partial charge in [0, 0.05) is 18.2 Å². The van der Waals surface area contributed by atoms with Gasteiger partial charge in [0.1, 0.15) is 11.5 Å². The molecule has 27 heavy (non-hydrogen) atoms. The topological polar surface area (TPSA) is 77.4 Å². The summed E-state index contributed by atoms with van der Waals surface area (Å²) in [6.45, 7) is 0. The van der Waals surface area contributed by atoms with Crippen molar-refractivity contribution in [2.24, 2.45) is 0 Å². The van der Waals surface area contributed by atoms with Crippen LogP contribution in [0.25, 0.3) is 0 Å². The fraction of sp³-hybridized carbons (Fsp3) is 0.143. The molecule has 3 aromatic carbocycles. The van der Waals surface area contributed by atoms with Crippen molar-refractivity contribution in [2.45, 2.75) is 17.1 Å². The number of thiol groups is 1. The molecular weight excluding hydrogens is 380 g/mol. The van der Waals surface area contributed by atoms with Gasteiger partial charge in [-0.2, -0.15) is 0 Å². The van der Waals surface area contributed by atoms with Crippen LogP contribution in [0.5, 0.6) is 5.75 Å². The molecule has 1 N–H and O–H groups in total. The summed E-state index contributed by atoms with van der Waals surface area (Å²) >= 11 is 1.31. The molecule has 0 atom stereocenters. The van der Waals surface area contributed by atoms with Crippen LogP contribution in [0.1, 0.15) is 11.1 Å². The van der Waals surface area contributed by atoms with E-state index >= 15 is 0 Å². The molecule has 0 radical (unpaired) electrons. The molecule has 0 spiro atoms. The number of aromatic hydroxyl groups is 1. The first-order valence-corrected chi connectivity index (χ1v) is 11.1. The Morgan fingerprint density at radius 3 is 1.81 bits per heavy atom. The summed E-state index contributed by atoms with van der Waals surface area (Å²) < 4.78 is 30.7.